The molecule has 2 N–H and O–H groups in total. The van der Waals surface area contributed by atoms with Crippen LogP contribution in [-0.4, -0.2) is 49.5 Å². The van der Waals surface area contributed by atoms with Crippen molar-refractivity contribution >= 4 is 11.9 Å². The second kappa shape index (κ2) is 8.06. The first kappa shape index (κ1) is 18.7. The van der Waals surface area contributed by atoms with Crippen LogP contribution in [0.25, 0.3) is 0 Å². The maximum absolute atomic E-state index is 13.2. The van der Waals surface area contributed by atoms with Gasteiger partial charge in [0, 0.05) is 44.6 Å². The van der Waals surface area contributed by atoms with Gasteiger partial charge >= 0.3 is 0 Å². The van der Waals surface area contributed by atoms with Gasteiger partial charge in [-0.3, -0.25) is 9.79 Å². The minimum absolute atomic E-state index is 0.0607. The zero-order valence-electron chi connectivity index (χ0n) is 15.7. The Kier molecular flexibility index (Phi) is 5.79. The lowest BCUT2D eigenvalue weighted by atomic mass is 9.64. The maximum Gasteiger partial charge on any atom is 0.222 e. The Bertz CT molecular complexity index is 654. The summed E-state index contributed by atoms with van der Waals surface area (Å²) in [4.78, 5) is 18.1. The largest absolute Gasteiger partial charge is 0.356 e. The molecule has 1 aliphatic carbocycles. The molecule has 1 heterocycles. The van der Waals surface area contributed by atoms with E-state index in [0.29, 0.717) is 6.42 Å². The maximum atomic E-state index is 13.2. The third-order valence-electron chi connectivity index (χ3n) is 5.77. The SMILES string of the molecule is CCC(=O)N1CCC(NC(=NC)NCC2(c3ccc(F)cc3)CCC2)C1. The van der Waals surface area contributed by atoms with E-state index in [-0.39, 0.29) is 23.2 Å². The lowest BCUT2D eigenvalue weighted by molar-refractivity contribution is -0.129. The normalized spacial score (nSPS) is 22.0. The Labute approximate surface area is 155 Å². The van der Waals surface area contributed by atoms with Crippen molar-refractivity contribution in [2.45, 2.75) is 50.5 Å². The molecule has 3 rings (SSSR count). The second-order valence-electron chi connectivity index (χ2n) is 7.39. The summed E-state index contributed by atoms with van der Waals surface area (Å²) in [6.45, 7) is 4.22. The third kappa shape index (κ3) is 4.00. The van der Waals surface area contributed by atoms with E-state index < -0.39 is 0 Å². The number of benzene rings is 1. The average Bonchev–Trinajstić information content (AvgIpc) is 3.09. The van der Waals surface area contributed by atoms with E-state index in [1.807, 2.05) is 24.0 Å². The van der Waals surface area contributed by atoms with Crippen LogP contribution in [0.4, 0.5) is 4.39 Å². The quantitative estimate of drug-likeness (QED) is 0.626. The number of amides is 1. The number of halogens is 1. The fourth-order valence-electron chi connectivity index (χ4n) is 3.94. The summed E-state index contributed by atoms with van der Waals surface area (Å²) in [5, 5.41) is 6.89. The van der Waals surface area contributed by atoms with Crippen LogP contribution >= 0.6 is 0 Å². The Morgan fingerprint density at radius 2 is 2.08 bits per heavy atom. The van der Waals surface area contributed by atoms with E-state index in [1.165, 1.54) is 12.0 Å². The molecule has 142 valence electrons. The van der Waals surface area contributed by atoms with Crippen LogP contribution in [0.1, 0.15) is 44.6 Å². The van der Waals surface area contributed by atoms with Gasteiger partial charge < -0.3 is 15.5 Å². The van der Waals surface area contributed by atoms with E-state index in [2.05, 4.69) is 15.6 Å². The molecule has 1 amide bonds. The number of nitrogens with one attached hydrogen (secondary N) is 2. The van der Waals surface area contributed by atoms with E-state index in [1.54, 1.807) is 19.2 Å². The van der Waals surface area contributed by atoms with Crippen molar-refractivity contribution in [3.05, 3.63) is 35.6 Å². The summed E-state index contributed by atoms with van der Waals surface area (Å²) >= 11 is 0. The van der Waals surface area contributed by atoms with E-state index in [0.717, 1.165) is 44.9 Å². The summed E-state index contributed by atoms with van der Waals surface area (Å²) in [6, 6.07) is 7.12. The van der Waals surface area contributed by atoms with Crippen LogP contribution in [0.15, 0.2) is 29.3 Å². The molecule has 1 unspecified atom stereocenters. The Morgan fingerprint density at radius 1 is 1.35 bits per heavy atom. The smallest absolute Gasteiger partial charge is 0.222 e. The van der Waals surface area contributed by atoms with Gasteiger partial charge in [-0.05, 0) is 37.0 Å². The summed E-state index contributed by atoms with van der Waals surface area (Å²) in [5.74, 6) is 0.789. The molecule has 0 bridgehead atoms. The van der Waals surface area contributed by atoms with Crippen LogP contribution in [0.5, 0.6) is 0 Å². The summed E-state index contributed by atoms with van der Waals surface area (Å²) in [5.41, 5.74) is 1.25. The molecule has 1 saturated carbocycles. The lowest BCUT2D eigenvalue weighted by Gasteiger charge is -2.43. The molecule has 1 saturated heterocycles. The third-order valence-corrected chi connectivity index (χ3v) is 5.77. The predicted octanol–water partition coefficient (Wildman–Crippen LogP) is 2.42. The number of guanidine groups is 1. The van der Waals surface area contributed by atoms with E-state index >= 15 is 0 Å². The highest BCUT2D eigenvalue weighted by molar-refractivity contribution is 5.80. The zero-order valence-corrected chi connectivity index (χ0v) is 15.7. The van der Waals surface area contributed by atoms with Gasteiger partial charge in [0.15, 0.2) is 5.96 Å². The second-order valence-corrected chi connectivity index (χ2v) is 7.39. The molecule has 1 aromatic carbocycles. The average molecular weight is 360 g/mol. The standard InChI is InChI=1S/C20H29FN4O/c1-3-18(26)25-12-9-17(13-25)24-19(22-2)23-14-20(10-4-11-20)15-5-7-16(21)8-6-15/h5-8,17H,3-4,9-14H2,1-2H3,(H2,22,23,24). The number of carbonyl (C=O) groups is 1. The first-order chi connectivity index (χ1) is 12.6. The number of nitrogens with zero attached hydrogens (tertiary/aromatic N) is 2. The number of aliphatic imine (C=N–C) groups is 1. The molecular formula is C20H29FN4O. The molecule has 1 atom stereocenters. The summed E-state index contributed by atoms with van der Waals surface area (Å²) in [7, 11) is 1.77. The molecular weight excluding hydrogens is 331 g/mol. The van der Waals surface area contributed by atoms with Gasteiger partial charge in [0.2, 0.25) is 5.91 Å². The Morgan fingerprint density at radius 3 is 2.65 bits per heavy atom. The van der Waals surface area contributed by atoms with Gasteiger partial charge in [-0.25, -0.2) is 4.39 Å². The van der Waals surface area contributed by atoms with Crippen LogP contribution in [0.2, 0.25) is 0 Å². The van der Waals surface area contributed by atoms with Gasteiger partial charge in [0.1, 0.15) is 5.82 Å². The molecule has 2 fully saturated rings. The van der Waals surface area contributed by atoms with Gasteiger partial charge in [-0.15, -0.1) is 0 Å². The lowest BCUT2D eigenvalue weighted by Crippen LogP contribution is -2.51. The molecule has 26 heavy (non-hydrogen) atoms. The van der Waals surface area contributed by atoms with Crippen molar-refractivity contribution in [1.29, 1.82) is 0 Å². The van der Waals surface area contributed by atoms with Crippen molar-refractivity contribution in [2.24, 2.45) is 4.99 Å². The van der Waals surface area contributed by atoms with Gasteiger partial charge in [0.05, 0.1) is 0 Å². The van der Waals surface area contributed by atoms with Gasteiger partial charge in [-0.1, -0.05) is 25.5 Å². The number of likely N-dealkylation sites (tertiary alicyclic amines) is 1. The molecule has 6 heteroatoms. The molecule has 5 nitrogen and oxygen atoms in total. The van der Waals surface area contributed by atoms with Crippen molar-refractivity contribution in [3.8, 4) is 0 Å². The summed E-state index contributed by atoms with van der Waals surface area (Å²) in [6.07, 6.45) is 4.90. The highest BCUT2D eigenvalue weighted by Crippen LogP contribution is 2.43. The van der Waals surface area contributed by atoms with Gasteiger partial charge in [-0.2, -0.15) is 0 Å². The molecule has 0 radical (unpaired) electrons. The Hall–Kier alpha value is -2.11. The van der Waals surface area contributed by atoms with Crippen molar-refractivity contribution in [1.82, 2.24) is 15.5 Å². The zero-order chi connectivity index (χ0) is 18.6. The van der Waals surface area contributed by atoms with Gasteiger partial charge in [0.25, 0.3) is 0 Å². The van der Waals surface area contributed by atoms with E-state index in [4.69, 9.17) is 0 Å². The minimum Gasteiger partial charge on any atom is -0.356 e. The molecule has 0 spiro atoms. The number of carbonyl (C=O) groups excluding carboxylic acids is 1. The number of hydrogen-bond acceptors (Lipinski definition) is 2. The molecule has 1 aliphatic heterocycles. The predicted molar refractivity (Wildman–Crippen MR) is 102 cm³/mol. The molecule has 1 aromatic rings. The van der Waals surface area contributed by atoms with Crippen LogP contribution < -0.4 is 10.6 Å². The summed E-state index contributed by atoms with van der Waals surface area (Å²) < 4.78 is 13.2. The van der Waals surface area contributed by atoms with Crippen LogP contribution in [-0.2, 0) is 10.2 Å². The first-order valence-corrected chi connectivity index (χ1v) is 9.57. The highest BCUT2D eigenvalue weighted by atomic mass is 19.1. The minimum atomic E-state index is -0.193. The first-order valence-electron chi connectivity index (χ1n) is 9.57. The fraction of sp³-hybridized carbons (Fsp3) is 0.600. The van der Waals surface area contributed by atoms with Crippen molar-refractivity contribution in [3.63, 3.8) is 0 Å². The number of rotatable bonds is 5. The van der Waals surface area contributed by atoms with E-state index in [9.17, 15) is 9.18 Å². The Balaban J connectivity index is 1.55. The topological polar surface area (TPSA) is 56.7 Å². The van der Waals surface area contributed by atoms with Crippen molar-refractivity contribution < 1.29 is 9.18 Å². The van der Waals surface area contributed by atoms with Crippen LogP contribution in [0.3, 0.4) is 0 Å². The monoisotopic (exact) mass is 360 g/mol. The molecule has 2 aliphatic rings. The van der Waals surface area contributed by atoms with Crippen molar-refractivity contribution in [2.75, 3.05) is 26.7 Å². The highest BCUT2D eigenvalue weighted by Gasteiger charge is 2.38. The van der Waals surface area contributed by atoms with Crippen LogP contribution in [0, 0.1) is 5.82 Å². The molecule has 0 aromatic heterocycles. The number of hydrogen-bond donors (Lipinski definition) is 2. The fourth-order valence-corrected chi connectivity index (χ4v) is 3.94.